The number of rotatable bonds is 2. The molecule has 1 saturated heterocycles. The highest BCUT2D eigenvalue weighted by Gasteiger charge is 2.44. The van der Waals surface area contributed by atoms with Crippen molar-refractivity contribution in [3.8, 4) is 11.5 Å². The van der Waals surface area contributed by atoms with Crippen LogP contribution in [0.1, 0.15) is 58.0 Å². The second-order valence-electron chi connectivity index (χ2n) is 8.18. The van der Waals surface area contributed by atoms with Gasteiger partial charge in [0.25, 0.3) is 5.91 Å². The summed E-state index contributed by atoms with van der Waals surface area (Å²) in [5, 5.41) is 0. The lowest BCUT2D eigenvalue weighted by Gasteiger charge is -2.44. The van der Waals surface area contributed by atoms with Gasteiger partial charge in [0.1, 0.15) is 17.1 Å². The first-order chi connectivity index (χ1) is 14.3. The van der Waals surface area contributed by atoms with Gasteiger partial charge in [-0.25, -0.2) is 0 Å². The van der Waals surface area contributed by atoms with Gasteiger partial charge in [-0.2, -0.15) is 0 Å². The predicted octanol–water partition coefficient (Wildman–Crippen LogP) is 3.87. The summed E-state index contributed by atoms with van der Waals surface area (Å²) in [7, 11) is 0. The Morgan fingerprint density at radius 1 is 1.03 bits per heavy atom. The summed E-state index contributed by atoms with van der Waals surface area (Å²) in [4.78, 5) is 38.5. The molecule has 0 bridgehead atoms. The molecule has 2 heterocycles. The van der Waals surface area contributed by atoms with Crippen molar-refractivity contribution in [1.82, 2.24) is 4.90 Å². The Morgan fingerprint density at radius 3 is 2.33 bits per heavy atom. The van der Waals surface area contributed by atoms with Crippen molar-refractivity contribution >= 4 is 17.7 Å². The Morgan fingerprint density at radius 2 is 1.70 bits per heavy atom. The number of piperidine rings is 1. The smallest absolute Gasteiger partial charge is 0.308 e. The average molecular weight is 407 g/mol. The minimum atomic E-state index is -0.543. The van der Waals surface area contributed by atoms with Gasteiger partial charge in [0.05, 0.1) is 12.0 Å². The van der Waals surface area contributed by atoms with E-state index in [1.807, 2.05) is 26.0 Å². The van der Waals surface area contributed by atoms with Gasteiger partial charge in [0.15, 0.2) is 5.78 Å². The van der Waals surface area contributed by atoms with Gasteiger partial charge in [-0.05, 0) is 55.3 Å². The standard InChI is InChI=1S/C24H25NO5/c1-15-4-9-20-21(27)14-24(30-22(20)16(15)2)10-12-25(13-11-24)23(28)18-5-7-19(8-6-18)29-17(3)26/h4-9H,10-14H2,1-3H3. The van der Waals surface area contributed by atoms with Crippen LogP contribution in [0.5, 0.6) is 11.5 Å². The fourth-order valence-electron chi connectivity index (χ4n) is 4.19. The monoisotopic (exact) mass is 407 g/mol. The van der Waals surface area contributed by atoms with E-state index in [4.69, 9.17) is 9.47 Å². The maximum absolute atomic E-state index is 12.9. The van der Waals surface area contributed by atoms with E-state index >= 15 is 0 Å². The molecule has 6 heteroatoms. The van der Waals surface area contributed by atoms with Crippen molar-refractivity contribution < 1.29 is 23.9 Å². The number of likely N-dealkylation sites (tertiary alicyclic amines) is 1. The summed E-state index contributed by atoms with van der Waals surface area (Å²) in [6.45, 7) is 6.38. The van der Waals surface area contributed by atoms with E-state index in [-0.39, 0.29) is 11.7 Å². The zero-order valence-electron chi connectivity index (χ0n) is 17.5. The molecule has 2 aliphatic rings. The highest BCUT2D eigenvalue weighted by molar-refractivity contribution is 6.01. The van der Waals surface area contributed by atoms with Gasteiger partial charge < -0.3 is 14.4 Å². The van der Waals surface area contributed by atoms with E-state index in [1.165, 1.54) is 6.92 Å². The number of amides is 1. The van der Waals surface area contributed by atoms with Gasteiger partial charge in [0.2, 0.25) is 0 Å². The van der Waals surface area contributed by atoms with Crippen molar-refractivity contribution in [3.63, 3.8) is 0 Å². The van der Waals surface area contributed by atoms with Crippen LogP contribution in [0.2, 0.25) is 0 Å². The molecular weight excluding hydrogens is 382 g/mol. The first-order valence-corrected chi connectivity index (χ1v) is 10.2. The molecule has 0 radical (unpaired) electrons. The lowest BCUT2D eigenvalue weighted by atomic mass is 9.81. The highest BCUT2D eigenvalue weighted by atomic mass is 16.5. The summed E-state index contributed by atoms with van der Waals surface area (Å²) >= 11 is 0. The molecular formula is C24H25NO5. The molecule has 2 aliphatic heterocycles. The zero-order chi connectivity index (χ0) is 21.5. The molecule has 0 N–H and O–H groups in total. The topological polar surface area (TPSA) is 72.9 Å². The van der Waals surface area contributed by atoms with Crippen molar-refractivity contribution in [3.05, 3.63) is 58.7 Å². The zero-order valence-corrected chi connectivity index (χ0v) is 17.5. The van der Waals surface area contributed by atoms with Crippen LogP contribution in [0, 0.1) is 13.8 Å². The van der Waals surface area contributed by atoms with Crippen LogP contribution in [0.3, 0.4) is 0 Å². The maximum Gasteiger partial charge on any atom is 0.308 e. The fraction of sp³-hybridized carbons (Fsp3) is 0.375. The summed E-state index contributed by atoms with van der Waals surface area (Å²) in [6.07, 6.45) is 1.58. The SMILES string of the molecule is CC(=O)Oc1ccc(C(=O)N2CCC3(CC2)CC(=O)c2ccc(C)c(C)c2O3)cc1. The summed E-state index contributed by atoms with van der Waals surface area (Å²) in [5.41, 5.74) is 2.77. The fourth-order valence-corrected chi connectivity index (χ4v) is 4.19. The van der Waals surface area contributed by atoms with E-state index in [9.17, 15) is 14.4 Å². The van der Waals surface area contributed by atoms with Gasteiger partial charge in [-0.15, -0.1) is 0 Å². The van der Waals surface area contributed by atoms with Crippen LogP contribution < -0.4 is 9.47 Å². The predicted molar refractivity (Wildman–Crippen MR) is 111 cm³/mol. The molecule has 6 nitrogen and oxygen atoms in total. The molecule has 156 valence electrons. The van der Waals surface area contributed by atoms with Crippen molar-refractivity contribution in [2.24, 2.45) is 0 Å². The Balaban J connectivity index is 1.46. The van der Waals surface area contributed by atoms with Crippen LogP contribution >= 0.6 is 0 Å². The number of esters is 1. The van der Waals surface area contributed by atoms with Gasteiger partial charge in [0, 0.05) is 38.4 Å². The first kappa shape index (κ1) is 20.1. The number of hydrogen-bond acceptors (Lipinski definition) is 5. The summed E-state index contributed by atoms with van der Waals surface area (Å²) < 4.78 is 11.4. The molecule has 2 aromatic rings. The van der Waals surface area contributed by atoms with E-state index in [2.05, 4.69) is 0 Å². The second-order valence-corrected chi connectivity index (χ2v) is 8.18. The first-order valence-electron chi connectivity index (χ1n) is 10.2. The van der Waals surface area contributed by atoms with Crippen LogP contribution in [-0.4, -0.2) is 41.3 Å². The van der Waals surface area contributed by atoms with Crippen LogP contribution in [0.25, 0.3) is 0 Å². The minimum absolute atomic E-state index is 0.0752. The van der Waals surface area contributed by atoms with E-state index in [0.29, 0.717) is 55.0 Å². The third-order valence-electron chi connectivity index (χ3n) is 6.10. The average Bonchev–Trinajstić information content (AvgIpc) is 2.71. The number of fused-ring (bicyclic) bond motifs is 1. The van der Waals surface area contributed by atoms with E-state index in [1.54, 1.807) is 29.2 Å². The normalized spacial score (nSPS) is 17.3. The molecule has 0 aliphatic carbocycles. The van der Waals surface area contributed by atoms with Gasteiger partial charge >= 0.3 is 5.97 Å². The van der Waals surface area contributed by atoms with Crippen molar-refractivity contribution in [2.75, 3.05) is 13.1 Å². The Bertz CT molecular complexity index is 1020. The summed E-state index contributed by atoms with van der Waals surface area (Å²) in [6, 6.07) is 10.4. The Labute approximate surface area is 175 Å². The van der Waals surface area contributed by atoms with E-state index < -0.39 is 11.6 Å². The molecule has 1 fully saturated rings. The van der Waals surface area contributed by atoms with Crippen LogP contribution in [0.15, 0.2) is 36.4 Å². The van der Waals surface area contributed by atoms with Gasteiger partial charge in [-0.1, -0.05) is 6.07 Å². The number of carbonyl (C=O) groups excluding carboxylic acids is 3. The highest BCUT2D eigenvalue weighted by Crippen LogP contribution is 2.41. The Kier molecular flexibility index (Phi) is 5.10. The minimum Gasteiger partial charge on any atom is -0.486 e. The quantitative estimate of drug-likeness (QED) is 0.558. The third kappa shape index (κ3) is 3.70. The van der Waals surface area contributed by atoms with Gasteiger partial charge in [-0.3, -0.25) is 14.4 Å². The molecule has 0 unspecified atom stereocenters. The molecule has 0 atom stereocenters. The molecule has 0 saturated carbocycles. The lowest BCUT2D eigenvalue weighted by molar-refractivity contribution is -0.131. The number of nitrogens with zero attached hydrogens (tertiary/aromatic N) is 1. The lowest BCUT2D eigenvalue weighted by Crippen LogP contribution is -2.52. The van der Waals surface area contributed by atoms with Crippen LogP contribution in [-0.2, 0) is 4.79 Å². The maximum atomic E-state index is 12.9. The third-order valence-corrected chi connectivity index (χ3v) is 6.10. The second kappa shape index (κ2) is 7.59. The number of carbonyl (C=O) groups is 3. The molecule has 1 amide bonds. The largest absolute Gasteiger partial charge is 0.486 e. The van der Waals surface area contributed by atoms with E-state index in [0.717, 1.165) is 11.1 Å². The molecule has 0 aromatic heterocycles. The van der Waals surface area contributed by atoms with Crippen LogP contribution in [0.4, 0.5) is 0 Å². The Hall–Kier alpha value is -3.15. The number of hydrogen-bond donors (Lipinski definition) is 0. The number of Topliss-reactive ketones (excluding diaryl/α,β-unsaturated/α-hetero) is 1. The molecule has 30 heavy (non-hydrogen) atoms. The van der Waals surface area contributed by atoms with Crippen molar-refractivity contribution in [2.45, 2.75) is 45.6 Å². The molecule has 1 spiro atoms. The number of ketones is 1. The number of benzene rings is 2. The summed E-state index contributed by atoms with van der Waals surface area (Å²) in [5.74, 6) is 0.751. The molecule has 2 aromatic carbocycles. The van der Waals surface area contributed by atoms with Crippen molar-refractivity contribution in [1.29, 1.82) is 0 Å². The number of aryl methyl sites for hydroxylation is 1. The molecule has 4 rings (SSSR count). The number of ether oxygens (including phenoxy) is 2.